The summed E-state index contributed by atoms with van der Waals surface area (Å²) in [5.74, 6) is 1.32. The molecule has 0 heterocycles. The van der Waals surface area contributed by atoms with Crippen LogP contribution in [0.4, 0.5) is 0 Å². The van der Waals surface area contributed by atoms with Gasteiger partial charge in [-0.3, -0.25) is 0 Å². The van der Waals surface area contributed by atoms with Crippen molar-refractivity contribution in [2.75, 3.05) is 6.61 Å². The second-order valence-electron chi connectivity index (χ2n) is 4.09. The van der Waals surface area contributed by atoms with Crippen LogP contribution in [0.15, 0.2) is 22.7 Å². The number of benzene rings is 1. The third-order valence-electron chi connectivity index (χ3n) is 2.51. The summed E-state index contributed by atoms with van der Waals surface area (Å²) in [7, 11) is 0. The van der Waals surface area contributed by atoms with Crippen molar-refractivity contribution in [1.82, 2.24) is 0 Å². The van der Waals surface area contributed by atoms with E-state index in [4.69, 9.17) is 4.74 Å². The number of para-hydroxylation sites is 1. The molecule has 0 spiro atoms. The van der Waals surface area contributed by atoms with Gasteiger partial charge < -0.3 is 9.84 Å². The molecule has 1 aromatic rings. The molecule has 0 aliphatic rings. The first-order valence-electron chi connectivity index (χ1n) is 5.70. The predicted molar refractivity (Wildman–Crippen MR) is 69.6 cm³/mol. The van der Waals surface area contributed by atoms with Gasteiger partial charge in [-0.05, 0) is 34.3 Å². The molecule has 0 saturated carbocycles. The van der Waals surface area contributed by atoms with E-state index in [2.05, 4.69) is 29.8 Å². The van der Waals surface area contributed by atoms with Gasteiger partial charge in [-0.15, -0.1) is 0 Å². The topological polar surface area (TPSA) is 29.5 Å². The van der Waals surface area contributed by atoms with Crippen molar-refractivity contribution in [3.8, 4) is 5.75 Å². The van der Waals surface area contributed by atoms with Gasteiger partial charge in [0.05, 0.1) is 17.7 Å². The zero-order chi connectivity index (χ0) is 12.0. The normalized spacial score (nSPS) is 12.5. The first-order chi connectivity index (χ1) is 7.69. The van der Waals surface area contributed by atoms with Crippen molar-refractivity contribution in [3.05, 3.63) is 28.2 Å². The summed E-state index contributed by atoms with van der Waals surface area (Å²) in [5, 5.41) is 9.21. The fourth-order valence-corrected chi connectivity index (χ4v) is 2.16. The molecule has 0 aromatic heterocycles. The van der Waals surface area contributed by atoms with Gasteiger partial charge in [-0.2, -0.15) is 0 Å². The third kappa shape index (κ3) is 3.80. The van der Waals surface area contributed by atoms with Gasteiger partial charge in [0.15, 0.2) is 0 Å². The lowest BCUT2D eigenvalue weighted by Crippen LogP contribution is -2.09. The van der Waals surface area contributed by atoms with E-state index < -0.39 is 0 Å². The Kier molecular flexibility index (Phi) is 5.85. The van der Waals surface area contributed by atoms with Gasteiger partial charge >= 0.3 is 0 Å². The van der Waals surface area contributed by atoms with E-state index in [1.54, 1.807) is 0 Å². The fourth-order valence-electron chi connectivity index (χ4n) is 1.64. The summed E-state index contributed by atoms with van der Waals surface area (Å²) in [6, 6.07) is 5.71. The summed E-state index contributed by atoms with van der Waals surface area (Å²) in [6.45, 7) is 5.06. The summed E-state index contributed by atoms with van der Waals surface area (Å²) in [6.07, 6.45) is 2.34. The lowest BCUT2D eigenvalue weighted by molar-refractivity contribution is 0.233. The first-order valence-corrected chi connectivity index (χ1v) is 6.49. The molecule has 3 heteroatoms. The van der Waals surface area contributed by atoms with Crippen LogP contribution in [0.3, 0.4) is 0 Å². The van der Waals surface area contributed by atoms with Crippen LogP contribution in [-0.4, -0.2) is 11.7 Å². The van der Waals surface area contributed by atoms with Crippen molar-refractivity contribution in [2.45, 2.75) is 33.3 Å². The highest BCUT2D eigenvalue weighted by Gasteiger charge is 2.09. The molecule has 1 N–H and O–H groups in total. The fraction of sp³-hybridized carbons (Fsp3) is 0.538. The van der Waals surface area contributed by atoms with Crippen LogP contribution in [0.5, 0.6) is 5.75 Å². The zero-order valence-corrected chi connectivity index (χ0v) is 11.5. The van der Waals surface area contributed by atoms with E-state index in [0.717, 1.165) is 15.8 Å². The van der Waals surface area contributed by atoms with Crippen LogP contribution >= 0.6 is 15.9 Å². The summed E-state index contributed by atoms with van der Waals surface area (Å²) in [4.78, 5) is 0. The predicted octanol–water partition coefficient (Wildman–Crippen LogP) is 3.76. The van der Waals surface area contributed by atoms with Crippen molar-refractivity contribution >= 4 is 15.9 Å². The smallest absolute Gasteiger partial charge is 0.138 e. The Morgan fingerprint density at radius 1 is 1.44 bits per heavy atom. The van der Waals surface area contributed by atoms with Gasteiger partial charge in [-0.25, -0.2) is 0 Å². The Morgan fingerprint density at radius 2 is 2.19 bits per heavy atom. The largest absolute Gasteiger partial charge is 0.492 e. The van der Waals surface area contributed by atoms with Gasteiger partial charge in [0.25, 0.3) is 0 Å². The maximum Gasteiger partial charge on any atom is 0.138 e. The molecule has 0 aliphatic heterocycles. The third-order valence-corrected chi connectivity index (χ3v) is 3.14. The minimum Gasteiger partial charge on any atom is -0.492 e. The Morgan fingerprint density at radius 3 is 2.81 bits per heavy atom. The Balaban J connectivity index is 2.65. The first kappa shape index (κ1) is 13.5. The number of aliphatic hydroxyl groups excluding tert-OH is 1. The molecule has 0 aliphatic carbocycles. The number of rotatable bonds is 6. The van der Waals surface area contributed by atoms with Gasteiger partial charge in [0.1, 0.15) is 5.75 Å². The van der Waals surface area contributed by atoms with Gasteiger partial charge in [0.2, 0.25) is 0 Å². The van der Waals surface area contributed by atoms with E-state index >= 15 is 0 Å². The summed E-state index contributed by atoms with van der Waals surface area (Å²) >= 11 is 3.44. The average molecular weight is 287 g/mol. The van der Waals surface area contributed by atoms with E-state index in [0.29, 0.717) is 12.5 Å². The highest BCUT2D eigenvalue weighted by atomic mass is 79.9. The Bertz CT molecular complexity index is 326. The Hall–Kier alpha value is -0.540. The molecular formula is C13H19BrO2. The molecule has 0 saturated heterocycles. The molecule has 1 rings (SSSR count). The lowest BCUT2D eigenvalue weighted by Gasteiger charge is -2.15. The van der Waals surface area contributed by atoms with E-state index in [1.165, 1.54) is 12.8 Å². The average Bonchev–Trinajstić information content (AvgIpc) is 2.27. The number of hydrogen-bond donors (Lipinski definition) is 1. The van der Waals surface area contributed by atoms with E-state index in [1.807, 2.05) is 18.2 Å². The quantitative estimate of drug-likeness (QED) is 0.863. The molecule has 1 unspecified atom stereocenters. The Labute approximate surface area is 106 Å². The van der Waals surface area contributed by atoms with Crippen LogP contribution < -0.4 is 4.74 Å². The number of hydrogen-bond acceptors (Lipinski definition) is 2. The second-order valence-corrected chi connectivity index (χ2v) is 4.95. The van der Waals surface area contributed by atoms with Crippen LogP contribution in [0.25, 0.3) is 0 Å². The number of ether oxygens (including phenoxy) is 1. The molecule has 0 amide bonds. The molecule has 90 valence electrons. The maximum absolute atomic E-state index is 9.21. The van der Waals surface area contributed by atoms with Gasteiger partial charge in [-0.1, -0.05) is 32.4 Å². The zero-order valence-electron chi connectivity index (χ0n) is 9.87. The van der Waals surface area contributed by atoms with Crippen molar-refractivity contribution in [3.63, 3.8) is 0 Å². The van der Waals surface area contributed by atoms with Gasteiger partial charge in [0, 0.05) is 5.56 Å². The summed E-state index contributed by atoms with van der Waals surface area (Å²) in [5.41, 5.74) is 0.832. The highest BCUT2D eigenvalue weighted by Crippen LogP contribution is 2.29. The molecule has 0 bridgehead atoms. The van der Waals surface area contributed by atoms with Crippen molar-refractivity contribution in [2.24, 2.45) is 5.92 Å². The SMILES string of the molecule is CCCC(C)COc1c(Br)cccc1CO. The number of aliphatic hydroxyl groups is 1. The molecule has 1 atom stereocenters. The molecule has 16 heavy (non-hydrogen) atoms. The highest BCUT2D eigenvalue weighted by molar-refractivity contribution is 9.10. The summed E-state index contributed by atoms with van der Waals surface area (Å²) < 4.78 is 6.67. The maximum atomic E-state index is 9.21. The molecular weight excluding hydrogens is 268 g/mol. The number of halogens is 1. The minimum absolute atomic E-state index is 0.0108. The standard InChI is InChI=1S/C13H19BrO2/c1-3-5-10(2)9-16-13-11(8-15)6-4-7-12(13)14/h4,6-7,10,15H,3,5,8-9H2,1-2H3. The molecule has 2 nitrogen and oxygen atoms in total. The minimum atomic E-state index is 0.0108. The van der Waals surface area contributed by atoms with Crippen LogP contribution in [0.1, 0.15) is 32.3 Å². The molecule has 0 fully saturated rings. The van der Waals surface area contributed by atoms with Crippen LogP contribution in [-0.2, 0) is 6.61 Å². The van der Waals surface area contributed by atoms with Crippen LogP contribution in [0.2, 0.25) is 0 Å². The lowest BCUT2D eigenvalue weighted by atomic mass is 10.1. The molecule has 0 radical (unpaired) electrons. The van der Waals surface area contributed by atoms with Crippen molar-refractivity contribution < 1.29 is 9.84 Å². The van der Waals surface area contributed by atoms with Crippen molar-refractivity contribution in [1.29, 1.82) is 0 Å². The monoisotopic (exact) mass is 286 g/mol. The van der Waals surface area contributed by atoms with E-state index in [-0.39, 0.29) is 6.61 Å². The second kappa shape index (κ2) is 6.92. The van der Waals surface area contributed by atoms with E-state index in [9.17, 15) is 5.11 Å². The van der Waals surface area contributed by atoms with Crippen LogP contribution in [0, 0.1) is 5.92 Å². The molecule has 1 aromatic carbocycles.